The van der Waals surface area contributed by atoms with Crippen LogP contribution in [-0.4, -0.2) is 14.9 Å². The van der Waals surface area contributed by atoms with Crippen LogP contribution in [0.4, 0.5) is 0 Å². The molecule has 1 aromatic heterocycles. The van der Waals surface area contributed by atoms with Gasteiger partial charge in [-0.2, -0.15) is 0 Å². The van der Waals surface area contributed by atoms with Crippen LogP contribution in [0.1, 0.15) is 26.5 Å². The fourth-order valence-electron chi connectivity index (χ4n) is 1.02. The molecule has 0 bridgehead atoms. The Hall–Kier alpha value is -0.803. The van der Waals surface area contributed by atoms with Crippen LogP contribution < -0.4 is 0 Å². The van der Waals surface area contributed by atoms with E-state index in [-0.39, 0.29) is 5.04 Å². The summed E-state index contributed by atoms with van der Waals surface area (Å²) < 4.78 is 11.2. The van der Waals surface area contributed by atoms with Crippen molar-refractivity contribution in [3.63, 3.8) is 0 Å². The summed E-state index contributed by atoms with van der Waals surface area (Å²) >= 11 is 0. The van der Waals surface area contributed by atoms with Gasteiger partial charge in [0.1, 0.15) is 5.76 Å². The average Bonchev–Trinajstić information content (AvgIpc) is 2.63. The van der Waals surface area contributed by atoms with Gasteiger partial charge in [-0.15, -0.1) is 0 Å². The minimum absolute atomic E-state index is 0.269. The lowest BCUT2D eigenvalue weighted by atomic mass is 10.2. The zero-order valence-corrected chi connectivity index (χ0v) is 11.9. The summed E-state index contributed by atoms with van der Waals surface area (Å²) in [5.41, 5.74) is 0. The molecule has 0 saturated carbocycles. The maximum atomic E-state index is 6.00. The van der Waals surface area contributed by atoms with Gasteiger partial charge in [-0.25, -0.2) is 0 Å². The maximum absolute atomic E-state index is 6.00. The lowest BCUT2D eigenvalue weighted by Crippen LogP contribution is -2.40. The van der Waals surface area contributed by atoms with Crippen LogP contribution in [0.5, 0.6) is 0 Å². The molecule has 0 aliphatic carbocycles. The Kier molecular flexibility index (Phi) is 4.16. The molecule has 2 nitrogen and oxygen atoms in total. The molecule has 0 saturated heterocycles. The van der Waals surface area contributed by atoms with Crippen LogP contribution >= 0.6 is 0 Å². The third kappa shape index (κ3) is 3.65. The van der Waals surface area contributed by atoms with Crippen LogP contribution in [0, 0.1) is 0 Å². The minimum atomic E-state index is -1.61. The Bertz CT molecular complexity index is 331. The molecule has 0 radical (unpaired) electrons. The number of furan rings is 1. The summed E-state index contributed by atoms with van der Waals surface area (Å²) in [5, 5.41) is 0.269. The van der Waals surface area contributed by atoms with E-state index in [2.05, 4.69) is 33.9 Å². The number of rotatable bonds is 4. The minimum Gasteiger partial charge on any atom is -0.465 e. The quantitative estimate of drug-likeness (QED) is 0.729. The molecule has 0 N–H and O–H groups in total. The maximum Gasteiger partial charge on any atom is 0.192 e. The molecule has 1 aromatic rings. The van der Waals surface area contributed by atoms with E-state index in [0.29, 0.717) is 6.61 Å². The zero-order chi connectivity index (χ0) is 12.2. The van der Waals surface area contributed by atoms with Crippen LogP contribution in [0.2, 0.25) is 18.1 Å². The van der Waals surface area contributed by atoms with Crippen molar-refractivity contribution in [1.29, 1.82) is 0 Å². The summed E-state index contributed by atoms with van der Waals surface area (Å²) in [7, 11) is -1.61. The molecule has 16 heavy (non-hydrogen) atoms. The first kappa shape index (κ1) is 13.3. The first-order valence-corrected chi connectivity index (χ1v) is 8.58. The summed E-state index contributed by atoms with van der Waals surface area (Å²) in [6.07, 6.45) is 5.64. The summed E-state index contributed by atoms with van der Waals surface area (Å²) in [6.45, 7) is 11.9. The van der Waals surface area contributed by atoms with Crippen molar-refractivity contribution >= 4 is 14.4 Å². The number of hydrogen-bond donors (Lipinski definition) is 0. The van der Waals surface area contributed by atoms with E-state index < -0.39 is 8.32 Å². The highest BCUT2D eigenvalue weighted by Gasteiger charge is 2.36. The molecular weight excluding hydrogens is 216 g/mol. The Labute approximate surface area is 99.4 Å². The summed E-state index contributed by atoms with van der Waals surface area (Å²) in [5.74, 6) is 0.874. The topological polar surface area (TPSA) is 22.4 Å². The van der Waals surface area contributed by atoms with Crippen molar-refractivity contribution in [3.05, 3.63) is 30.2 Å². The average molecular weight is 238 g/mol. The highest BCUT2D eigenvalue weighted by Crippen LogP contribution is 2.36. The van der Waals surface area contributed by atoms with E-state index in [4.69, 9.17) is 8.84 Å². The van der Waals surface area contributed by atoms with Crippen molar-refractivity contribution in [2.24, 2.45) is 0 Å². The normalized spacial score (nSPS) is 13.6. The van der Waals surface area contributed by atoms with Crippen molar-refractivity contribution < 1.29 is 8.84 Å². The van der Waals surface area contributed by atoms with E-state index in [1.807, 2.05) is 24.3 Å². The van der Waals surface area contributed by atoms with E-state index in [1.54, 1.807) is 6.26 Å². The zero-order valence-electron chi connectivity index (χ0n) is 10.9. The van der Waals surface area contributed by atoms with Crippen molar-refractivity contribution in [2.75, 3.05) is 6.61 Å². The highest BCUT2D eigenvalue weighted by atomic mass is 28.4. The van der Waals surface area contributed by atoms with Crippen LogP contribution in [0.15, 0.2) is 28.9 Å². The van der Waals surface area contributed by atoms with E-state index in [9.17, 15) is 0 Å². The molecule has 3 heteroatoms. The second-order valence-corrected chi connectivity index (χ2v) is 10.3. The summed E-state index contributed by atoms with van der Waals surface area (Å²) in [6, 6.07) is 3.82. The first-order chi connectivity index (χ1) is 7.33. The SMILES string of the molecule is CC(C)(C)[Si](C)(C)OC/C=C/c1ccco1. The molecule has 0 spiro atoms. The van der Waals surface area contributed by atoms with Gasteiger partial charge in [0.2, 0.25) is 0 Å². The second kappa shape index (κ2) is 5.02. The van der Waals surface area contributed by atoms with Crippen LogP contribution in [0.3, 0.4) is 0 Å². The van der Waals surface area contributed by atoms with Gasteiger partial charge >= 0.3 is 0 Å². The fraction of sp³-hybridized carbons (Fsp3) is 0.538. The van der Waals surface area contributed by atoms with Crippen molar-refractivity contribution in [1.82, 2.24) is 0 Å². The lowest BCUT2D eigenvalue weighted by Gasteiger charge is -2.35. The van der Waals surface area contributed by atoms with Gasteiger partial charge in [0.05, 0.1) is 12.9 Å². The molecular formula is C13H22O2Si. The fourth-order valence-corrected chi connectivity index (χ4v) is 1.97. The Balaban J connectivity index is 2.41. The van der Waals surface area contributed by atoms with Gasteiger partial charge in [0, 0.05) is 0 Å². The molecule has 90 valence electrons. The third-order valence-electron chi connectivity index (χ3n) is 3.17. The van der Waals surface area contributed by atoms with E-state index in [0.717, 1.165) is 5.76 Å². The second-order valence-electron chi connectivity index (χ2n) is 5.49. The van der Waals surface area contributed by atoms with Crippen LogP contribution in [0.25, 0.3) is 6.08 Å². The molecule has 1 rings (SSSR count). The predicted molar refractivity (Wildman–Crippen MR) is 70.9 cm³/mol. The monoisotopic (exact) mass is 238 g/mol. The van der Waals surface area contributed by atoms with E-state index in [1.165, 1.54) is 0 Å². The van der Waals surface area contributed by atoms with Crippen LogP contribution in [-0.2, 0) is 4.43 Å². The highest BCUT2D eigenvalue weighted by molar-refractivity contribution is 6.74. The lowest BCUT2D eigenvalue weighted by molar-refractivity contribution is 0.328. The molecule has 0 aromatic carbocycles. The third-order valence-corrected chi connectivity index (χ3v) is 7.67. The standard InChI is InChI=1S/C13H22O2Si/c1-13(2,3)16(4,5)15-11-7-9-12-8-6-10-14-12/h6-10H,11H2,1-5H3/b9-7+. The molecule has 0 fully saturated rings. The van der Waals surface area contributed by atoms with Gasteiger partial charge in [-0.05, 0) is 36.3 Å². The Morgan fingerprint density at radius 1 is 1.38 bits per heavy atom. The first-order valence-electron chi connectivity index (χ1n) is 5.67. The smallest absolute Gasteiger partial charge is 0.192 e. The molecule has 1 heterocycles. The number of hydrogen-bond acceptors (Lipinski definition) is 2. The van der Waals surface area contributed by atoms with Crippen molar-refractivity contribution in [2.45, 2.75) is 38.9 Å². The van der Waals surface area contributed by atoms with E-state index >= 15 is 0 Å². The van der Waals surface area contributed by atoms with Crippen molar-refractivity contribution in [3.8, 4) is 0 Å². The predicted octanol–water partition coefficient (Wildman–Crippen LogP) is 4.31. The molecule has 0 atom stereocenters. The Morgan fingerprint density at radius 2 is 2.06 bits per heavy atom. The molecule has 0 aliphatic rings. The molecule has 0 unspecified atom stereocenters. The largest absolute Gasteiger partial charge is 0.465 e. The molecule has 0 aliphatic heterocycles. The molecule has 0 amide bonds. The summed E-state index contributed by atoms with van der Waals surface area (Å²) in [4.78, 5) is 0. The van der Waals surface area contributed by atoms with Gasteiger partial charge in [0.15, 0.2) is 8.32 Å². The Morgan fingerprint density at radius 3 is 2.56 bits per heavy atom. The van der Waals surface area contributed by atoms with Gasteiger partial charge < -0.3 is 8.84 Å². The van der Waals surface area contributed by atoms with Gasteiger partial charge in [-0.1, -0.05) is 26.8 Å². The van der Waals surface area contributed by atoms with Gasteiger partial charge in [0.25, 0.3) is 0 Å². The van der Waals surface area contributed by atoms with Gasteiger partial charge in [-0.3, -0.25) is 0 Å².